The van der Waals surface area contributed by atoms with Crippen LogP contribution in [0.4, 0.5) is 0 Å². The zero-order valence-corrected chi connectivity index (χ0v) is 8.10. The summed E-state index contributed by atoms with van der Waals surface area (Å²) in [7, 11) is 0. The molecule has 70 valence electrons. The first-order valence-corrected chi connectivity index (χ1v) is 4.91. The van der Waals surface area contributed by atoms with E-state index in [9.17, 15) is 4.79 Å². The van der Waals surface area contributed by atoms with Crippen LogP contribution in [0.2, 0.25) is 0 Å². The van der Waals surface area contributed by atoms with Crippen LogP contribution in [0.1, 0.15) is 33.1 Å². The highest BCUT2D eigenvalue weighted by molar-refractivity contribution is 5.78. The smallest absolute Gasteiger partial charge is 0.133 e. The van der Waals surface area contributed by atoms with Gasteiger partial charge in [0.25, 0.3) is 0 Å². The van der Waals surface area contributed by atoms with E-state index in [0.29, 0.717) is 17.6 Å². The van der Waals surface area contributed by atoms with Gasteiger partial charge in [-0.2, -0.15) is 0 Å². The molecule has 1 heterocycles. The molecule has 0 aromatic heterocycles. The van der Waals surface area contributed by atoms with Crippen molar-refractivity contribution in [3.8, 4) is 0 Å². The van der Waals surface area contributed by atoms with Crippen LogP contribution in [0.25, 0.3) is 0 Å². The lowest BCUT2D eigenvalue weighted by Crippen LogP contribution is -2.42. The first-order chi connectivity index (χ1) is 5.68. The number of carbonyl (C=O) groups is 1. The molecular weight excluding hydrogens is 150 g/mol. The molecule has 1 saturated heterocycles. The summed E-state index contributed by atoms with van der Waals surface area (Å²) in [6.07, 6.45) is 2.65. The van der Waals surface area contributed by atoms with Crippen LogP contribution in [-0.2, 0) is 4.79 Å². The Balaban J connectivity index is 2.03. The molecule has 0 aromatic rings. The molecule has 1 aliphatic heterocycles. The lowest BCUT2D eigenvalue weighted by molar-refractivity contribution is -0.120. The molecule has 12 heavy (non-hydrogen) atoms. The molecule has 0 atom stereocenters. The van der Waals surface area contributed by atoms with E-state index >= 15 is 0 Å². The van der Waals surface area contributed by atoms with Gasteiger partial charge < -0.3 is 5.32 Å². The highest BCUT2D eigenvalue weighted by atomic mass is 16.1. The Morgan fingerprint density at radius 2 is 2.17 bits per heavy atom. The maximum atomic E-state index is 11.3. The quantitative estimate of drug-likeness (QED) is 0.677. The summed E-state index contributed by atoms with van der Waals surface area (Å²) >= 11 is 0. The summed E-state index contributed by atoms with van der Waals surface area (Å²) in [5.74, 6) is 1.76. The second-order valence-corrected chi connectivity index (χ2v) is 4.20. The normalized spacial score (nSPS) is 17.9. The Labute approximate surface area is 74.7 Å². The number of rotatable bonds is 5. The van der Waals surface area contributed by atoms with Crippen LogP contribution >= 0.6 is 0 Å². The van der Waals surface area contributed by atoms with Crippen molar-refractivity contribution in [3.63, 3.8) is 0 Å². The van der Waals surface area contributed by atoms with E-state index in [2.05, 4.69) is 19.2 Å². The van der Waals surface area contributed by atoms with Crippen LogP contribution in [0.15, 0.2) is 0 Å². The summed E-state index contributed by atoms with van der Waals surface area (Å²) in [6, 6.07) is 0. The molecule has 0 spiro atoms. The number of carbonyl (C=O) groups excluding carboxylic acids is 1. The van der Waals surface area contributed by atoms with Gasteiger partial charge in [0.05, 0.1) is 0 Å². The minimum atomic E-state index is 0.454. The zero-order valence-electron chi connectivity index (χ0n) is 8.10. The maximum Gasteiger partial charge on any atom is 0.133 e. The SMILES string of the molecule is CC(C)CCC(=O)CC1CNC1. The van der Waals surface area contributed by atoms with Crippen LogP contribution in [0.5, 0.6) is 0 Å². The van der Waals surface area contributed by atoms with E-state index < -0.39 is 0 Å². The number of hydrogen-bond donors (Lipinski definition) is 1. The summed E-state index contributed by atoms with van der Waals surface area (Å²) in [4.78, 5) is 11.3. The average Bonchev–Trinajstić information content (AvgIpc) is 1.93. The van der Waals surface area contributed by atoms with E-state index in [0.717, 1.165) is 32.4 Å². The largest absolute Gasteiger partial charge is 0.316 e. The monoisotopic (exact) mass is 169 g/mol. The summed E-state index contributed by atoms with van der Waals surface area (Å²) < 4.78 is 0. The average molecular weight is 169 g/mol. The third kappa shape index (κ3) is 3.35. The third-order valence-electron chi connectivity index (χ3n) is 2.38. The first-order valence-electron chi connectivity index (χ1n) is 4.91. The molecule has 1 aliphatic rings. The van der Waals surface area contributed by atoms with Gasteiger partial charge >= 0.3 is 0 Å². The van der Waals surface area contributed by atoms with E-state index in [-0.39, 0.29) is 0 Å². The Morgan fingerprint density at radius 3 is 2.58 bits per heavy atom. The van der Waals surface area contributed by atoms with Gasteiger partial charge in [-0.3, -0.25) is 4.79 Å². The Bertz CT molecular complexity index is 150. The molecule has 0 saturated carbocycles. The molecule has 0 aromatic carbocycles. The highest BCUT2D eigenvalue weighted by Gasteiger charge is 2.19. The Morgan fingerprint density at radius 1 is 1.50 bits per heavy atom. The number of Topliss-reactive ketones (excluding diaryl/α,β-unsaturated/α-hetero) is 1. The predicted molar refractivity (Wildman–Crippen MR) is 50.1 cm³/mol. The van der Waals surface area contributed by atoms with E-state index in [1.807, 2.05) is 0 Å². The number of nitrogens with one attached hydrogen (secondary N) is 1. The van der Waals surface area contributed by atoms with Gasteiger partial charge in [0.1, 0.15) is 5.78 Å². The second kappa shape index (κ2) is 4.61. The van der Waals surface area contributed by atoms with Gasteiger partial charge in [-0.05, 0) is 31.3 Å². The molecule has 0 unspecified atom stereocenters. The molecular formula is C10H19NO. The molecule has 1 N–H and O–H groups in total. The molecule has 1 rings (SSSR count). The molecule has 0 amide bonds. The van der Waals surface area contributed by atoms with E-state index in [4.69, 9.17) is 0 Å². The minimum absolute atomic E-state index is 0.454. The maximum absolute atomic E-state index is 11.3. The third-order valence-corrected chi connectivity index (χ3v) is 2.38. The van der Waals surface area contributed by atoms with E-state index in [1.54, 1.807) is 0 Å². The van der Waals surface area contributed by atoms with E-state index in [1.165, 1.54) is 0 Å². The highest BCUT2D eigenvalue weighted by Crippen LogP contribution is 2.12. The Hall–Kier alpha value is -0.370. The Kier molecular flexibility index (Phi) is 3.73. The molecule has 2 nitrogen and oxygen atoms in total. The van der Waals surface area contributed by atoms with Gasteiger partial charge in [-0.1, -0.05) is 13.8 Å². The van der Waals surface area contributed by atoms with Gasteiger partial charge in [0.2, 0.25) is 0 Å². The summed E-state index contributed by atoms with van der Waals surface area (Å²) in [5, 5.41) is 3.18. The standard InChI is InChI=1S/C10H19NO/c1-8(2)3-4-10(12)5-9-6-11-7-9/h8-9,11H,3-7H2,1-2H3. The van der Waals surface area contributed by atoms with Crippen molar-refractivity contribution in [2.24, 2.45) is 11.8 Å². The fourth-order valence-electron chi connectivity index (χ4n) is 1.37. The lowest BCUT2D eigenvalue weighted by Gasteiger charge is -2.26. The summed E-state index contributed by atoms with van der Waals surface area (Å²) in [6.45, 7) is 6.43. The molecule has 1 fully saturated rings. The fourth-order valence-corrected chi connectivity index (χ4v) is 1.37. The number of hydrogen-bond acceptors (Lipinski definition) is 2. The summed E-state index contributed by atoms with van der Waals surface area (Å²) in [5.41, 5.74) is 0. The molecule has 0 radical (unpaired) electrons. The van der Waals surface area contributed by atoms with Crippen LogP contribution in [-0.4, -0.2) is 18.9 Å². The van der Waals surface area contributed by atoms with Crippen molar-refractivity contribution >= 4 is 5.78 Å². The van der Waals surface area contributed by atoms with Crippen molar-refractivity contribution in [2.45, 2.75) is 33.1 Å². The zero-order chi connectivity index (χ0) is 8.97. The van der Waals surface area contributed by atoms with Gasteiger partial charge in [0, 0.05) is 12.8 Å². The van der Waals surface area contributed by atoms with Crippen molar-refractivity contribution in [1.29, 1.82) is 0 Å². The van der Waals surface area contributed by atoms with Gasteiger partial charge in [-0.25, -0.2) is 0 Å². The number of ketones is 1. The molecule has 0 bridgehead atoms. The molecule has 2 heteroatoms. The topological polar surface area (TPSA) is 29.1 Å². The molecule has 0 aliphatic carbocycles. The van der Waals surface area contributed by atoms with Crippen LogP contribution in [0, 0.1) is 11.8 Å². The van der Waals surface area contributed by atoms with Crippen LogP contribution < -0.4 is 5.32 Å². The predicted octanol–water partition coefficient (Wildman–Crippen LogP) is 1.60. The lowest BCUT2D eigenvalue weighted by atomic mass is 9.94. The first kappa shape index (κ1) is 9.72. The van der Waals surface area contributed by atoms with Crippen molar-refractivity contribution in [2.75, 3.05) is 13.1 Å². The van der Waals surface area contributed by atoms with Crippen molar-refractivity contribution in [1.82, 2.24) is 5.32 Å². The second-order valence-electron chi connectivity index (χ2n) is 4.20. The van der Waals surface area contributed by atoms with Crippen molar-refractivity contribution < 1.29 is 4.79 Å². The van der Waals surface area contributed by atoms with Gasteiger partial charge in [-0.15, -0.1) is 0 Å². The van der Waals surface area contributed by atoms with Crippen LogP contribution in [0.3, 0.4) is 0 Å². The minimum Gasteiger partial charge on any atom is -0.316 e. The van der Waals surface area contributed by atoms with Gasteiger partial charge in [0.15, 0.2) is 0 Å². The van der Waals surface area contributed by atoms with Crippen molar-refractivity contribution in [3.05, 3.63) is 0 Å². The fraction of sp³-hybridized carbons (Fsp3) is 0.900.